The van der Waals surface area contributed by atoms with Crippen molar-refractivity contribution in [1.82, 2.24) is 10.6 Å². The summed E-state index contributed by atoms with van der Waals surface area (Å²) in [7, 11) is 1.61. The Kier molecular flexibility index (Phi) is 4.73. The number of benzene rings is 1. The van der Waals surface area contributed by atoms with Gasteiger partial charge in [-0.3, -0.25) is 10.1 Å². The van der Waals surface area contributed by atoms with Gasteiger partial charge in [0.25, 0.3) is 5.91 Å². The maximum absolute atomic E-state index is 11.7. The maximum Gasteiger partial charge on any atom is 0.293 e. The molecule has 1 aromatic carbocycles. The Hall–Kier alpha value is -2.34. The molecule has 1 aromatic heterocycles. The molecule has 0 radical (unpaired) electrons. The fraction of sp³-hybridized carbons (Fsp3) is 0.143. The Balaban J connectivity index is 1.88. The summed E-state index contributed by atoms with van der Waals surface area (Å²) < 4.78 is 10.2. The molecule has 0 aliphatic carbocycles. The van der Waals surface area contributed by atoms with E-state index in [1.807, 2.05) is 24.3 Å². The van der Waals surface area contributed by atoms with E-state index in [4.69, 9.17) is 21.4 Å². The van der Waals surface area contributed by atoms with Crippen LogP contribution in [0.15, 0.2) is 47.1 Å². The molecule has 2 rings (SSSR count). The molecule has 0 saturated heterocycles. The van der Waals surface area contributed by atoms with Crippen LogP contribution in [-0.4, -0.2) is 18.1 Å². The van der Waals surface area contributed by atoms with Crippen LogP contribution in [0.3, 0.4) is 0 Å². The molecule has 0 atom stereocenters. The summed E-state index contributed by atoms with van der Waals surface area (Å²) >= 11 is 5.06. The summed E-state index contributed by atoms with van der Waals surface area (Å²) in [6.45, 7) is 0.460. The average Bonchev–Trinajstić information content (AvgIpc) is 2.99. The van der Waals surface area contributed by atoms with Crippen LogP contribution in [0.4, 0.5) is 0 Å². The van der Waals surface area contributed by atoms with Gasteiger partial charge in [-0.1, -0.05) is 18.2 Å². The molecule has 2 N–H and O–H groups in total. The topological polar surface area (TPSA) is 63.5 Å². The summed E-state index contributed by atoms with van der Waals surface area (Å²) in [5.74, 6) is 0.596. The molecule has 0 bridgehead atoms. The van der Waals surface area contributed by atoms with E-state index in [0.717, 1.165) is 11.3 Å². The van der Waals surface area contributed by atoms with Crippen LogP contribution >= 0.6 is 12.2 Å². The Morgan fingerprint density at radius 1 is 1.30 bits per heavy atom. The third-order valence-electron chi connectivity index (χ3n) is 2.60. The number of carbonyl (C=O) groups excluding carboxylic acids is 1. The molecule has 6 heteroatoms. The van der Waals surface area contributed by atoms with E-state index in [1.165, 1.54) is 6.26 Å². The lowest BCUT2D eigenvalue weighted by atomic mass is 10.2. The molecule has 1 amide bonds. The molecule has 5 nitrogen and oxygen atoms in total. The first-order valence-electron chi connectivity index (χ1n) is 5.95. The molecule has 0 aliphatic heterocycles. The Morgan fingerprint density at radius 2 is 2.10 bits per heavy atom. The monoisotopic (exact) mass is 290 g/mol. The first kappa shape index (κ1) is 14.1. The highest BCUT2D eigenvalue weighted by Gasteiger charge is 2.10. The normalized spacial score (nSPS) is 9.85. The van der Waals surface area contributed by atoms with Crippen molar-refractivity contribution in [1.29, 1.82) is 0 Å². The molecule has 0 spiro atoms. The predicted octanol–water partition coefficient (Wildman–Crippen LogP) is 2.09. The highest BCUT2D eigenvalue weighted by molar-refractivity contribution is 7.80. The number of carbonyl (C=O) groups is 1. The first-order chi connectivity index (χ1) is 9.70. The van der Waals surface area contributed by atoms with Crippen molar-refractivity contribution in [2.45, 2.75) is 6.54 Å². The maximum atomic E-state index is 11.7. The Bertz CT molecular complexity index is 596. The van der Waals surface area contributed by atoms with Gasteiger partial charge in [-0.2, -0.15) is 0 Å². The van der Waals surface area contributed by atoms with Crippen LogP contribution in [0.1, 0.15) is 16.1 Å². The summed E-state index contributed by atoms with van der Waals surface area (Å²) in [6, 6.07) is 10.8. The second-order valence-electron chi connectivity index (χ2n) is 3.93. The van der Waals surface area contributed by atoms with Gasteiger partial charge in [-0.15, -0.1) is 0 Å². The number of rotatable bonds is 4. The predicted molar refractivity (Wildman–Crippen MR) is 78.6 cm³/mol. The van der Waals surface area contributed by atoms with Crippen LogP contribution < -0.4 is 15.4 Å². The SMILES string of the molecule is COc1ccccc1CNC(=S)NC(=O)c1ccco1. The van der Waals surface area contributed by atoms with Gasteiger partial charge in [0.1, 0.15) is 5.75 Å². The van der Waals surface area contributed by atoms with Crippen LogP contribution in [0.5, 0.6) is 5.75 Å². The number of thiocarbonyl (C=S) groups is 1. The number of nitrogens with one attached hydrogen (secondary N) is 2. The van der Waals surface area contributed by atoms with Crippen molar-refractivity contribution in [3.63, 3.8) is 0 Å². The first-order valence-corrected chi connectivity index (χ1v) is 6.36. The lowest BCUT2D eigenvalue weighted by Crippen LogP contribution is -2.38. The minimum Gasteiger partial charge on any atom is -0.496 e. The third-order valence-corrected chi connectivity index (χ3v) is 2.85. The van der Waals surface area contributed by atoms with Gasteiger partial charge in [-0.25, -0.2) is 0 Å². The number of methoxy groups -OCH3 is 1. The van der Waals surface area contributed by atoms with Gasteiger partial charge < -0.3 is 14.5 Å². The Morgan fingerprint density at radius 3 is 2.80 bits per heavy atom. The van der Waals surface area contributed by atoms with E-state index in [1.54, 1.807) is 19.2 Å². The number of ether oxygens (including phenoxy) is 1. The summed E-state index contributed by atoms with van der Waals surface area (Å²) in [5, 5.41) is 5.71. The van der Waals surface area contributed by atoms with E-state index >= 15 is 0 Å². The largest absolute Gasteiger partial charge is 0.496 e. The van der Waals surface area contributed by atoms with Crippen molar-refractivity contribution >= 4 is 23.2 Å². The highest BCUT2D eigenvalue weighted by atomic mass is 32.1. The minimum atomic E-state index is -0.382. The zero-order valence-electron chi connectivity index (χ0n) is 10.9. The van der Waals surface area contributed by atoms with E-state index in [9.17, 15) is 4.79 Å². The fourth-order valence-corrected chi connectivity index (χ4v) is 1.81. The smallest absolute Gasteiger partial charge is 0.293 e. The van der Waals surface area contributed by atoms with Gasteiger partial charge in [-0.05, 0) is 30.4 Å². The van der Waals surface area contributed by atoms with Gasteiger partial charge in [0.15, 0.2) is 10.9 Å². The summed E-state index contributed by atoms with van der Waals surface area (Å²) in [5.41, 5.74) is 0.949. The zero-order valence-corrected chi connectivity index (χ0v) is 11.7. The van der Waals surface area contributed by atoms with E-state index in [-0.39, 0.29) is 16.8 Å². The van der Waals surface area contributed by atoms with Crippen LogP contribution in [0.25, 0.3) is 0 Å². The van der Waals surface area contributed by atoms with Crippen LogP contribution in [0.2, 0.25) is 0 Å². The van der Waals surface area contributed by atoms with E-state index in [0.29, 0.717) is 6.54 Å². The lowest BCUT2D eigenvalue weighted by Gasteiger charge is -2.11. The van der Waals surface area contributed by atoms with Crippen molar-refractivity contribution in [3.05, 3.63) is 54.0 Å². The highest BCUT2D eigenvalue weighted by Crippen LogP contribution is 2.16. The van der Waals surface area contributed by atoms with Crippen molar-refractivity contribution in [3.8, 4) is 5.75 Å². The van der Waals surface area contributed by atoms with E-state index < -0.39 is 0 Å². The summed E-state index contributed by atoms with van der Waals surface area (Å²) in [4.78, 5) is 11.7. The molecule has 0 aliphatic rings. The minimum absolute atomic E-state index is 0.214. The number of furan rings is 1. The van der Waals surface area contributed by atoms with Gasteiger partial charge in [0, 0.05) is 12.1 Å². The molecular weight excluding hydrogens is 276 g/mol. The number of amides is 1. The molecule has 0 fully saturated rings. The standard InChI is InChI=1S/C14H14N2O3S/c1-18-11-6-3-2-5-10(11)9-15-14(20)16-13(17)12-7-4-8-19-12/h2-8H,9H2,1H3,(H2,15,16,17,20). The van der Waals surface area contributed by atoms with Gasteiger partial charge >= 0.3 is 0 Å². The number of para-hydroxylation sites is 1. The molecule has 104 valence electrons. The van der Waals surface area contributed by atoms with E-state index in [2.05, 4.69) is 10.6 Å². The third kappa shape index (κ3) is 3.58. The number of hydrogen-bond acceptors (Lipinski definition) is 4. The molecule has 2 aromatic rings. The second kappa shape index (κ2) is 6.72. The molecule has 20 heavy (non-hydrogen) atoms. The summed E-state index contributed by atoms with van der Waals surface area (Å²) in [6.07, 6.45) is 1.43. The average molecular weight is 290 g/mol. The lowest BCUT2D eigenvalue weighted by molar-refractivity contribution is 0.0949. The van der Waals surface area contributed by atoms with Crippen LogP contribution in [-0.2, 0) is 6.54 Å². The Labute approximate surface area is 121 Å². The fourth-order valence-electron chi connectivity index (χ4n) is 1.64. The molecule has 0 unspecified atom stereocenters. The van der Waals surface area contributed by atoms with Crippen molar-refractivity contribution in [2.75, 3.05) is 7.11 Å². The van der Waals surface area contributed by atoms with Crippen molar-refractivity contribution in [2.24, 2.45) is 0 Å². The molecule has 0 saturated carbocycles. The van der Waals surface area contributed by atoms with Crippen molar-refractivity contribution < 1.29 is 13.9 Å². The second-order valence-corrected chi connectivity index (χ2v) is 4.33. The zero-order chi connectivity index (χ0) is 14.4. The molecule has 1 heterocycles. The van der Waals surface area contributed by atoms with Gasteiger partial charge in [0.05, 0.1) is 13.4 Å². The molecular formula is C14H14N2O3S. The van der Waals surface area contributed by atoms with Gasteiger partial charge in [0.2, 0.25) is 0 Å². The van der Waals surface area contributed by atoms with Crippen LogP contribution in [0, 0.1) is 0 Å². The quantitative estimate of drug-likeness (QED) is 0.844. The number of hydrogen-bond donors (Lipinski definition) is 2.